The molecule has 1 aliphatic rings. The summed E-state index contributed by atoms with van der Waals surface area (Å²) < 4.78 is 30.7. The number of rotatable bonds is 7. The maximum Gasteiger partial charge on any atom is 0.251 e. The molecule has 1 fully saturated rings. The molecule has 1 aromatic rings. The van der Waals surface area contributed by atoms with Crippen molar-refractivity contribution in [2.45, 2.75) is 19.8 Å². The molecule has 1 aliphatic heterocycles. The third-order valence-corrected chi connectivity index (χ3v) is 5.12. The molecular weight excluding hydrogens is 342 g/mol. The summed E-state index contributed by atoms with van der Waals surface area (Å²) in [4.78, 5) is 12.5. The van der Waals surface area contributed by atoms with Crippen LogP contribution in [-0.2, 0) is 14.8 Å². The van der Waals surface area contributed by atoms with E-state index in [1.54, 1.807) is 32.2 Å². The molecule has 8 heteroatoms. The third kappa shape index (κ3) is 5.69. The van der Waals surface area contributed by atoms with Crippen LogP contribution in [0.25, 0.3) is 0 Å². The monoisotopic (exact) mass is 369 g/mol. The predicted molar refractivity (Wildman–Crippen MR) is 98.4 cm³/mol. The Kier molecular flexibility index (Phi) is 6.42. The zero-order valence-corrected chi connectivity index (χ0v) is 15.8. The lowest BCUT2D eigenvalue weighted by molar-refractivity contribution is 0.0512. The molecular formula is C17H27N3O4S. The molecule has 0 bridgehead atoms. The van der Waals surface area contributed by atoms with Gasteiger partial charge in [-0.3, -0.25) is 9.52 Å². The number of carbonyl (C=O) groups is 1. The van der Waals surface area contributed by atoms with Gasteiger partial charge in [-0.1, -0.05) is 6.07 Å². The lowest BCUT2D eigenvalue weighted by atomic mass is 9.79. The van der Waals surface area contributed by atoms with Gasteiger partial charge in [-0.2, -0.15) is 0 Å². The molecule has 1 heterocycles. The Morgan fingerprint density at radius 1 is 1.32 bits per heavy atom. The predicted octanol–water partition coefficient (Wildman–Crippen LogP) is 1.11. The SMILES string of the molecule is COCC1(CNC(=O)c2ccc(C)c(NS(C)(=O)=O)c2)CCNCC1. The lowest BCUT2D eigenvalue weighted by Gasteiger charge is -2.37. The van der Waals surface area contributed by atoms with Crippen molar-refractivity contribution < 1.29 is 17.9 Å². The zero-order valence-electron chi connectivity index (χ0n) is 15.0. The molecule has 1 saturated heterocycles. The highest BCUT2D eigenvalue weighted by atomic mass is 32.2. The van der Waals surface area contributed by atoms with E-state index in [-0.39, 0.29) is 11.3 Å². The first-order valence-corrected chi connectivity index (χ1v) is 10.2. The van der Waals surface area contributed by atoms with Crippen molar-refractivity contribution in [1.82, 2.24) is 10.6 Å². The summed E-state index contributed by atoms with van der Waals surface area (Å²) in [6, 6.07) is 5.00. The standard InChI is InChI=1S/C17H27N3O4S/c1-13-4-5-14(10-15(13)20-25(3,22)23)16(21)19-11-17(12-24-2)6-8-18-9-7-17/h4-5,10,18,20H,6-9,11-12H2,1-3H3,(H,19,21). The van der Waals surface area contributed by atoms with Crippen LogP contribution in [0.15, 0.2) is 18.2 Å². The number of nitrogens with one attached hydrogen (secondary N) is 3. The second-order valence-electron chi connectivity index (χ2n) is 6.77. The Morgan fingerprint density at radius 2 is 2.00 bits per heavy atom. The summed E-state index contributed by atoms with van der Waals surface area (Å²) in [5.74, 6) is -0.217. The molecule has 0 unspecified atom stereocenters. The first-order valence-electron chi connectivity index (χ1n) is 8.31. The smallest absolute Gasteiger partial charge is 0.251 e. The van der Waals surface area contributed by atoms with Crippen LogP contribution in [0.2, 0.25) is 0 Å². The third-order valence-electron chi connectivity index (χ3n) is 4.53. The molecule has 0 aliphatic carbocycles. The van der Waals surface area contributed by atoms with Crippen molar-refractivity contribution in [1.29, 1.82) is 0 Å². The topological polar surface area (TPSA) is 96.5 Å². The highest BCUT2D eigenvalue weighted by molar-refractivity contribution is 7.92. The second kappa shape index (κ2) is 8.16. The van der Waals surface area contributed by atoms with Gasteiger partial charge in [0.1, 0.15) is 0 Å². The van der Waals surface area contributed by atoms with Crippen LogP contribution in [-0.4, -0.2) is 53.9 Å². The largest absolute Gasteiger partial charge is 0.384 e. The van der Waals surface area contributed by atoms with E-state index >= 15 is 0 Å². The molecule has 0 radical (unpaired) electrons. The number of sulfonamides is 1. The second-order valence-corrected chi connectivity index (χ2v) is 8.52. The molecule has 0 aromatic heterocycles. The average Bonchev–Trinajstić information content (AvgIpc) is 2.55. The van der Waals surface area contributed by atoms with Gasteiger partial charge in [-0.05, 0) is 50.6 Å². The zero-order chi connectivity index (χ0) is 18.5. The van der Waals surface area contributed by atoms with E-state index in [9.17, 15) is 13.2 Å². The van der Waals surface area contributed by atoms with Crippen LogP contribution in [0, 0.1) is 12.3 Å². The molecule has 140 valence electrons. The van der Waals surface area contributed by atoms with Gasteiger partial charge in [0.2, 0.25) is 10.0 Å². The fourth-order valence-electron chi connectivity index (χ4n) is 3.08. The average molecular weight is 369 g/mol. The van der Waals surface area contributed by atoms with E-state index in [1.165, 1.54) is 0 Å². The molecule has 3 N–H and O–H groups in total. The first kappa shape index (κ1) is 19.7. The molecule has 2 rings (SSSR count). The Labute approximate surface area is 149 Å². The normalized spacial score (nSPS) is 17.1. The Bertz CT molecular complexity index is 707. The summed E-state index contributed by atoms with van der Waals surface area (Å²) in [5.41, 5.74) is 1.55. The van der Waals surface area contributed by atoms with Gasteiger partial charge >= 0.3 is 0 Å². The van der Waals surface area contributed by atoms with E-state index in [0.29, 0.717) is 24.4 Å². The minimum Gasteiger partial charge on any atom is -0.384 e. The number of aryl methyl sites for hydroxylation is 1. The summed E-state index contributed by atoms with van der Waals surface area (Å²) >= 11 is 0. The first-order chi connectivity index (χ1) is 11.7. The minimum absolute atomic E-state index is 0.0613. The van der Waals surface area contributed by atoms with Crippen LogP contribution >= 0.6 is 0 Å². The van der Waals surface area contributed by atoms with Gasteiger partial charge < -0.3 is 15.4 Å². The van der Waals surface area contributed by atoms with E-state index in [4.69, 9.17) is 4.74 Å². The number of hydrogen-bond donors (Lipinski definition) is 3. The van der Waals surface area contributed by atoms with Gasteiger partial charge in [-0.15, -0.1) is 0 Å². The van der Waals surface area contributed by atoms with Crippen molar-refractivity contribution in [2.75, 3.05) is 44.3 Å². The number of piperidine rings is 1. The van der Waals surface area contributed by atoms with E-state index in [0.717, 1.165) is 37.8 Å². The fourth-order valence-corrected chi connectivity index (χ4v) is 3.70. The van der Waals surface area contributed by atoms with Gasteiger partial charge in [0, 0.05) is 24.6 Å². The molecule has 0 saturated carbocycles. The van der Waals surface area contributed by atoms with Crippen molar-refractivity contribution in [3.05, 3.63) is 29.3 Å². The molecule has 1 aromatic carbocycles. The minimum atomic E-state index is -3.39. The maximum atomic E-state index is 12.5. The van der Waals surface area contributed by atoms with E-state index < -0.39 is 10.0 Å². The molecule has 0 spiro atoms. The van der Waals surface area contributed by atoms with E-state index in [1.807, 2.05) is 0 Å². The summed E-state index contributed by atoms with van der Waals surface area (Å²) in [5, 5.41) is 6.30. The van der Waals surface area contributed by atoms with Crippen molar-refractivity contribution in [3.8, 4) is 0 Å². The Balaban J connectivity index is 2.08. The number of ether oxygens (including phenoxy) is 1. The Hall–Kier alpha value is -1.64. The van der Waals surface area contributed by atoms with E-state index in [2.05, 4.69) is 15.4 Å². The van der Waals surface area contributed by atoms with Crippen LogP contribution in [0.5, 0.6) is 0 Å². The number of hydrogen-bond acceptors (Lipinski definition) is 5. The van der Waals surface area contributed by atoms with Crippen LogP contribution < -0.4 is 15.4 Å². The number of benzene rings is 1. The van der Waals surface area contributed by atoms with Gasteiger partial charge in [0.15, 0.2) is 0 Å². The number of anilines is 1. The quantitative estimate of drug-likeness (QED) is 0.669. The summed E-state index contributed by atoms with van der Waals surface area (Å²) in [7, 11) is -1.72. The Morgan fingerprint density at radius 3 is 2.60 bits per heavy atom. The van der Waals surface area contributed by atoms with Crippen LogP contribution in [0.4, 0.5) is 5.69 Å². The fraction of sp³-hybridized carbons (Fsp3) is 0.588. The summed E-state index contributed by atoms with van der Waals surface area (Å²) in [6.07, 6.45) is 2.97. The number of amides is 1. The van der Waals surface area contributed by atoms with Crippen molar-refractivity contribution in [3.63, 3.8) is 0 Å². The molecule has 7 nitrogen and oxygen atoms in total. The molecule has 25 heavy (non-hydrogen) atoms. The highest BCUT2D eigenvalue weighted by Crippen LogP contribution is 2.28. The van der Waals surface area contributed by atoms with Gasteiger partial charge in [0.05, 0.1) is 18.6 Å². The van der Waals surface area contributed by atoms with Crippen LogP contribution in [0.3, 0.4) is 0 Å². The molecule has 0 atom stereocenters. The number of methoxy groups -OCH3 is 1. The van der Waals surface area contributed by atoms with Gasteiger partial charge in [0.25, 0.3) is 5.91 Å². The maximum absolute atomic E-state index is 12.5. The van der Waals surface area contributed by atoms with Crippen molar-refractivity contribution >= 4 is 21.6 Å². The molecule has 1 amide bonds. The highest BCUT2D eigenvalue weighted by Gasteiger charge is 2.32. The summed E-state index contributed by atoms with van der Waals surface area (Å²) in [6.45, 7) is 4.74. The lowest BCUT2D eigenvalue weighted by Crippen LogP contribution is -2.47. The van der Waals surface area contributed by atoms with Gasteiger partial charge in [-0.25, -0.2) is 8.42 Å². The van der Waals surface area contributed by atoms with Crippen molar-refractivity contribution in [2.24, 2.45) is 5.41 Å². The van der Waals surface area contributed by atoms with Crippen LogP contribution in [0.1, 0.15) is 28.8 Å². The number of carbonyl (C=O) groups excluding carboxylic acids is 1.